The van der Waals surface area contributed by atoms with Crippen molar-refractivity contribution in [3.05, 3.63) is 35.9 Å². The van der Waals surface area contributed by atoms with Crippen molar-refractivity contribution in [2.24, 2.45) is 0 Å². The Morgan fingerprint density at radius 2 is 2.06 bits per heavy atom. The minimum atomic E-state index is -3.17. The van der Waals surface area contributed by atoms with Crippen molar-refractivity contribution in [1.29, 1.82) is 0 Å². The Balaban J connectivity index is 2.00. The van der Waals surface area contributed by atoms with Crippen LogP contribution in [0, 0.1) is 0 Å². The summed E-state index contributed by atoms with van der Waals surface area (Å²) in [5.74, 6) is 0.104. The predicted octanol–water partition coefficient (Wildman–Crippen LogP) is 1.20. The van der Waals surface area contributed by atoms with Gasteiger partial charge in [-0.05, 0) is 18.5 Å². The van der Waals surface area contributed by atoms with E-state index in [9.17, 15) is 8.42 Å². The fraction of sp³-hybridized carbons (Fsp3) is 0.538. The van der Waals surface area contributed by atoms with Gasteiger partial charge in [0, 0.05) is 19.1 Å². The Morgan fingerprint density at radius 1 is 1.33 bits per heavy atom. The van der Waals surface area contributed by atoms with Gasteiger partial charge in [0.25, 0.3) is 0 Å². The van der Waals surface area contributed by atoms with Gasteiger partial charge in [-0.3, -0.25) is 0 Å². The second kappa shape index (κ2) is 5.82. The maximum Gasteiger partial charge on any atom is 0.218 e. The molecule has 1 fully saturated rings. The predicted molar refractivity (Wildman–Crippen MR) is 72.7 cm³/mol. The molecule has 0 amide bonds. The normalized spacial score (nSPS) is 21.3. The third-order valence-corrected chi connectivity index (χ3v) is 5.05. The number of likely N-dealkylation sites (N-methyl/N-ethyl adjacent to an activating group) is 1. The standard InChI is InChI=1S/C13H20N2O2S/c1-2-14-13-8-9-15(10-13)18(16,17)11-12-6-4-3-5-7-12/h3-7,13-14H,2,8-11H2,1H3. The van der Waals surface area contributed by atoms with E-state index < -0.39 is 10.0 Å². The van der Waals surface area contributed by atoms with E-state index >= 15 is 0 Å². The van der Waals surface area contributed by atoms with E-state index in [2.05, 4.69) is 5.32 Å². The summed E-state index contributed by atoms with van der Waals surface area (Å²) in [4.78, 5) is 0. The molecule has 1 atom stereocenters. The molecule has 1 saturated heterocycles. The molecule has 0 aliphatic carbocycles. The van der Waals surface area contributed by atoms with E-state index in [0.717, 1.165) is 18.5 Å². The highest BCUT2D eigenvalue weighted by Crippen LogP contribution is 2.17. The topological polar surface area (TPSA) is 49.4 Å². The van der Waals surface area contributed by atoms with E-state index in [0.29, 0.717) is 19.1 Å². The molecule has 0 saturated carbocycles. The van der Waals surface area contributed by atoms with Crippen LogP contribution in [0.1, 0.15) is 18.9 Å². The Labute approximate surface area is 109 Å². The fourth-order valence-electron chi connectivity index (χ4n) is 2.31. The molecule has 1 aromatic rings. The summed E-state index contributed by atoms with van der Waals surface area (Å²) in [6.07, 6.45) is 0.905. The summed E-state index contributed by atoms with van der Waals surface area (Å²) in [6, 6.07) is 9.66. The van der Waals surface area contributed by atoms with E-state index in [1.54, 1.807) is 4.31 Å². The molecule has 100 valence electrons. The Morgan fingerprint density at radius 3 is 2.72 bits per heavy atom. The van der Waals surface area contributed by atoms with Gasteiger partial charge in [-0.1, -0.05) is 37.3 Å². The molecule has 1 aromatic carbocycles. The smallest absolute Gasteiger partial charge is 0.218 e. The first-order chi connectivity index (χ1) is 8.62. The lowest BCUT2D eigenvalue weighted by atomic mass is 10.2. The molecule has 0 radical (unpaired) electrons. The summed E-state index contributed by atoms with van der Waals surface area (Å²) in [5, 5.41) is 3.30. The molecule has 1 unspecified atom stereocenters. The lowest BCUT2D eigenvalue weighted by Gasteiger charge is -2.16. The number of nitrogens with zero attached hydrogens (tertiary/aromatic N) is 1. The summed E-state index contributed by atoms with van der Waals surface area (Å²) < 4.78 is 26.1. The van der Waals surface area contributed by atoms with Gasteiger partial charge >= 0.3 is 0 Å². The van der Waals surface area contributed by atoms with Crippen LogP contribution in [0.3, 0.4) is 0 Å². The third kappa shape index (κ3) is 3.31. The van der Waals surface area contributed by atoms with Gasteiger partial charge < -0.3 is 5.32 Å². The molecule has 18 heavy (non-hydrogen) atoms. The number of hydrogen-bond donors (Lipinski definition) is 1. The number of sulfonamides is 1. The quantitative estimate of drug-likeness (QED) is 0.873. The van der Waals surface area contributed by atoms with Gasteiger partial charge in [0.15, 0.2) is 0 Å². The lowest BCUT2D eigenvalue weighted by molar-refractivity contribution is 0.459. The first-order valence-corrected chi connectivity index (χ1v) is 7.98. The molecule has 1 heterocycles. The Bertz CT molecular complexity index is 473. The molecule has 1 N–H and O–H groups in total. The number of rotatable bonds is 5. The van der Waals surface area contributed by atoms with Crippen molar-refractivity contribution >= 4 is 10.0 Å². The first-order valence-electron chi connectivity index (χ1n) is 6.37. The minimum absolute atomic E-state index is 0.104. The Kier molecular flexibility index (Phi) is 4.37. The highest BCUT2D eigenvalue weighted by molar-refractivity contribution is 7.88. The zero-order valence-electron chi connectivity index (χ0n) is 10.7. The van der Waals surface area contributed by atoms with Crippen molar-refractivity contribution in [1.82, 2.24) is 9.62 Å². The average molecular weight is 268 g/mol. The number of benzene rings is 1. The van der Waals surface area contributed by atoms with Crippen LogP contribution in [0.25, 0.3) is 0 Å². The molecule has 1 aliphatic heterocycles. The van der Waals surface area contributed by atoms with Crippen LogP contribution in [0.2, 0.25) is 0 Å². The van der Waals surface area contributed by atoms with Crippen molar-refractivity contribution < 1.29 is 8.42 Å². The highest BCUT2D eigenvalue weighted by Gasteiger charge is 2.30. The van der Waals surface area contributed by atoms with Crippen LogP contribution < -0.4 is 5.32 Å². The fourth-order valence-corrected chi connectivity index (χ4v) is 3.90. The number of hydrogen-bond acceptors (Lipinski definition) is 3. The van der Waals surface area contributed by atoms with Crippen LogP contribution in [0.15, 0.2) is 30.3 Å². The van der Waals surface area contributed by atoms with Crippen LogP contribution >= 0.6 is 0 Å². The summed E-state index contributed by atoms with van der Waals surface area (Å²) >= 11 is 0. The molecule has 0 aromatic heterocycles. The molecule has 1 aliphatic rings. The van der Waals surface area contributed by atoms with Gasteiger partial charge in [-0.25, -0.2) is 12.7 Å². The Hall–Kier alpha value is -0.910. The third-order valence-electron chi connectivity index (χ3n) is 3.23. The average Bonchev–Trinajstić information content (AvgIpc) is 2.80. The monoisotopic (exact) mass is 268 g/mol. The first kappa shape index (κ1) is 13.5. The van der Waals surface area contributed by atoms with Crippen LogP contribution in [-0.4, -0.2) is 38.4 Å². The molecule has 2 rings (SSSR count). The summed E-state index contributed by atoms with van der Waals surface area (Å²) in [5.41, 5.74) is 0.851. The van der Waals surface area contributed by atoms with Crippen molar-refractivity contribution in [3.63, 3.8) is 0 Å². The summed E-state index contributed by atoms with van der Waals surface area (Å²) in [7, 11) is -3.17. The maximum absolute atomic E-state index is 12.3. The zero-order chi connectivity index (χ0) is 13.0. The van der Waals surface area contributed by atoms with Crippen molar-refractivity contribution in [3.8, 4) is 0 Å². The maximum atomic E-state index is 12.3. The SMILES string of the molecule is CCNC1CCN(S(=O)(=O)Cc2ccccc2)C1. The van der Waals surface area contributed by atoms with E-state index in [4.69, 9.17) is 0 Å². The van der Waals surface area contributed by atoms with Gasteiger partial charge in [0.05, 0.1) is 5.75 Å². The van der Waals surface area contributed by atoms with Crippen LogP contribution in [0.4, 0.5) is 0 Å². The second-order valence-corrected chi connectivity index (χ2v) is 6.61. The molecule has 0 spiro atoms. The van der Waals surface area contributed by atoms with Gasteiger partial charge in [-0.15, -0.1) is 0 Å². The van der Waals surface area contributed by atoms with Crippen LogP contribution in [0.5, 0.6) is 0 Å². The summed E-state index contributed by atoms with van der Waals surface area (Å²) in [6.45, 7) is 4.16. The molecule has 5 heteroatoms. The van der Waals surface area contributed by atoms with E-state index in [-0.39, 0.29) is 5.75 Å². The molecular weight excluding hydrogens is 248 g/mol. The van der Waals surface area contributed by atoms with Gasteiger partial charge in [-0.2, -0.15) is 0 Å². The zero-order valence-corrected chi connectivity index (χ0v) is 11.5. The largest absolute Gasteiger partial charge is 0.313 e. The van der Waals surface area contributed by atoms with Crippen molar-refractivity contribution in [2.45, 2.75) is 25.1 Å². The lowest BCUT2D eigenvalue weighted by Crippen LogP contribution is -2.35. The van der Waals surface area contributed by atoms with E-state index in [1.807, 2.05) is 37.3 Å². The van der Waals surface area contributed by atoms with Crippen LogP contribution in [-0.2, 0) is 15.8 Å². The second-order valence-electron chi connectivity index (χ2n) is 4.64. The van der Waals surface area contributed by atoms with E-state index in [1.165, 1.54) is 0 Å². The molecule has 4 nitrogen and oxygen atoms in total. The minimum Gasteiger partial charge on any atom is -0.313 e. The van der Waals surface area contributed by atoms with Crippen molar-refractivity contribution in [2.75, 3.05) is 19.6 Å². The molecule has 0 bridgehead atoms. The molecular formula is C13H20N2O2S. The highest BCUT2D eigenvalue weighted by atomic mass is 32.2. The number of nitrogens with one attached hydrogen (secondary N) is 1. The van der Waals surface area contributed by atoms with Gasteiger partial charge in [0.2, 0.25) is 10.0 Å². The van der Waals surface area contributed by atoms with Gasteiger partial charge in [0.1, 0.15) is 0 Å².